The zero-order valence-electron chi connectivity index (χ0n) is 14.7. The Morgan fingerprint density at radius 3 is 2.60 bits per heavy atom. The summed E-state index contributed by atoms with van der Waals surface area (Å²) < 4.78 is 5.09. The Labute approximate surface area is 153 Å². The number of ether oxygens (including phenoxy) is 1. The number of nitrogens with zero attached hydrogens (tertiary/aromatic N) is 2. The molecule has 0 fully saturated rings. The lowest BCUT2D eigenvalue weighted by molar-refractivity contribution is 0.102. The van der Waals surface area contributed by atoms with Crippen LogP contribution in [0.1, 0.15) is 16.9 Å². The maximum Gasteiger partial charge on any atom is 0.274 e. The van der Waals surface area contributed by atoms with Crippen molar-refractivity contribution in [3.8, 4) is 5.75 Å². The molecule has 0 saturated carbocycles. The van der Waals surface area contributed by atoms with Gasteiger partial charge in [0.1, 0.15) is 11.4 Å². The molecular formula is C18H23ClN4O2. The van der Waals surface area contributed by atoms with E-state index in [1.54, 1.807) is 37.6 Å². The lowest BCUT2D eigenvalue weighted by Crippen LogP contribution is -2.16. The number of carbonyl (C=O) groups excluding carboxylic acids is 1. The Bertz CT molecular complexity index is 705. The van der Waals surface area contributed by atoms with Gasteiger partial charge in [0, 0.05) is 12.2 Å². The van der Waals surface area contributed by atoms with Crippen LogP contribution >= 0.6 is 11.6 Å². The van der Waals surface area contributed by atoms with E-state index in [-0.39, 0.29) is 5.91 Å². The molecule has 0 radical (unpaired) electrons. The number of anilines is 2. The van der Waals surface area contributed by atoms with Crippen molar-refractivity contribution in [2.24, 2.45) is 0 Å². The van der Waals surface area contributed by atoms with Crippen LogP contribution in [0, 0.1) is 0 Å². The average Bonchev–Trinajstić information content (AvgIpc) is 2.59. The number of rotatable bonds is 8. The van der Waals surface area contributed by atoms with Crippen molar-refractivity contribution >= 4 is 28.9 Å². The van der Waals surface area contributed by atoms with Gasteiger partial charge in [-0.25, -0.2) is 4.98 Å². The van der Waals surface area contributed by atoms with Crippen molar-refractivity contribution in [1.29, 1.82) is 0 Å². The zero-order valence-corrected chi connectivity index (χ0v) is 15.4. The summed E-state index contributed by atoms with van der Waals surface area (Å²) in [5, 5.41) is 6.49. The second-order valence-electron chi connectivity index (χ2n) is 5.82. The maximum absolute atomic E-state index is 12.3. The fourth-order valence-corrected chi connectivity index (χ4v) is 2.46. The predicted octanol–water partition coefficient (Wildman–Crippen LogP) is 3.36. The van der Waals surface area contributed by atoms with E-state index in [1.165, 1.54) is 0 Å². The number of amides is 1. The lowest BCUT2D eigenvalue weighted by Gasteiger charge is -2.11. The van der Waals surface area contributed by atoms with E-state index >= 15 is 0 Å². The maximum atomic E-state index is 12.3. The minimum absolute atomic E-state index is 0.291. The van der Waals surface area contributed by atoms with E-state index < -0.39 is 0 Å². The number of pyridine rings is 1. The van der Waals surface area contributed by atoms with Gasteiger partial charge in [-0.3, -0.25) is 4.79 Å². The fourth-order valence-electron chi connectivity index (χ4n) is 2.20. The van der Waals surface area contributed by atoms with Gasteiger partial charge in [0.15, 0.2) is 0 Å². The molecule has 25 heavy (non-hydrogen) atoms. The molecule has 134 valence electrons. The molecule has 2 aromatic rings. The molecule has 1 heterocycles. The number of nitrogens with one attached hydrogen (secondary N) is 2. The summed E-state index contributed by atoms with van der Waals surface area (Å²) in [6.07, 6.45) is 2.69. The predicted molar refractivity (Wildman–Crippen MR) is 102 cm³/mol. The van der Waals surface area contributed by atoms with Crippen LogP contribution in [0.3, 0.4) is 0 Å². The second-order valence-corrected chi connectivity index (χ2v) is 6.23. The summed E-state index contributed by atoms with van der Waals surface area (Å²) in [5.74, 6) is 0.267. The number of aromatic nitrogens is 1. The largest absolute Gasteiger partial charge is 0.495 e. The SMILES string of the molecule is COc1ccc(NC(=O)c2ccc(NCCCN(C)C)cn2)cc1Cl. The number of hydrogen-bond donors (Lipinski definition) is 2. The first-order valence-corrected chi connectivity index (χ1v) is 8.37. The molecule has 2 rings (SSSR count). The van der Waals surface area contributed by atoms with Crippen LogP contribution < -0.4 is 15.4 Å². The van der Waals surface area contributed by atoms with E-state index in [0.717, 1.165) is 25.2 Å². The summed E-state index contributed by atoms with van der Waals surface area (Å²) in [7, 11) is 5.63. The van der Waals surface area contributed by atoms with Gasteiger partial charge in [-0.2, -0.15) is 0 Å². The first kappa shape index (κ1) is 19.0. The Kier molecular flexibility index (Phi) is 7.03. The lowest BCUT2D eigenvalue weighted by atomic mass is 10.2. The Morgan fingerprint density at radius 1 is 1.24 bits per heavy atom. The molecule has 1 aromatic carbocycles. The minimum Gasteiger partial charge on any atom is -0.495 e. The fraction of sp³-hybridized carbons (Fsp3) is 0.333. The number of benzene rings is 1. The van der Waals surface area contributed by atoms with Crippen LogP contribution in [-0.4, -0.2) is 50.1 Å². The highest BCUT2D eigenvalue weighted by Gasteiger charge is 2.09. The molecule has 0 spiro atoms. The van der Waals surface area contributed by atoms with Crippen LogP contribution in [-0.2, 0) is 0 Å². The highest BCUT2D eigenvalue weighted by atomic mass is 35.5. The molecule has 0 aliphatic rings. The summed E-state index contributed by atoms with van der Waals surface area (Å²) in [6.45, 7) is 1.88. The highest BCUT2D eigenvalue weighted by Crippen LogP contribution is 2.27. The van der Waals surface area contributed by atoms with E-state index in [4.69, 9.17) is 16.3 Å². The van der Waals surface area contributed by atoms with Crippen LogP contribution in [0.15, 0.2) is 36.5 Å². The van der Waals surface area contributed by atoms with Gasteiger partial charge in [0.25, 0.3) is 5.91 Å². The van der Waals surface area contributed by atoms with Crippen LogP contribution in [0.2, 0.25) is 5.02 Å². The van der Waals surface area contributed by atoms with Gasteiger partial charge < -0.3 is 20.3 Å². The zero-order chi connectivity index (χ0) is 18.2. The molecule has 7 heteroatoms. The van der Waals surface area contributed by atoms with Gasteiger partial charge in [0.2, 0.25) is 0 Å². The van der Waals surface area contributed by atoms with Crippen molar-refractivity contribution in [2.75, 3.05) is 44.9 Å². The van der Waals surface area contributed by atoms with Gasteiger partial charge in [-0.05, 0) is 57.4 Å². The molecule has 0 saturated heterocycles. The Hall–Kier alpha value is -2.31. The summed E-state index contributed by atoms with van der Waals surface area (Å²) in [5.41, 5.74) is 1.82. The monoisotopic (exact) mass is 362 g/mol. The first-order chi connectivity index (χ1) is 12.0. The van der Waals surface area contributed by atoms with Crippen molar-refractivity contribution in [1.82, 2.24) is 9.88 Å². The molecule has 1 amide bonds. The summed E-state index contributed by atoms with van der Waals surface area (Å²) in [4.78, 5) is 18.6. The first-order valence-electron chi connectivity index (χ1n) is 7.99. The number of hydrogen-bond acceptors (Lipinski definition) is 5. The highest BCUT2D eigenvalue weighted by molar-refractivity contribution is 6.32. The minimum atomic E-state index is -0.291. The third-order valence-corrected chi connectivity index (χ3v) is 3.81. The molecule has 6 nitrogen and oxygen atoms in total. The summed E-state index contributed by atoms with van der Waals surface area (Å²) >= 11 is 6.06. The Balaban J connectivity index is 1.90. The second kappa shape index (κ2) is 9.25. The van der Waals surface area contributed by atoms with E-state index in [1.807, 2.05) is 20.2 Å². The number of carbonyl (C=O) groups is 1. The number of methoxy groups -OCH3 is 1. The standard InChI is InChI=1S/C18H23ClN4O2/c1-23(2)10-4-9-20-14-5-7-16(21-12-14)18(24)22-13-6-8-17(25-3)15(19)11-13/h5-8,11-12,20H,4,9-10H2,1-3H3,(H,22,24). The quantitative estimate of drug-likeness (QED) is 0.705. The van der Waals surface area contributed by atoms with Crippen molar-refractivity contribution < 1.29 is 9.53 Å². The van der Waals surface area contributed by atoms with Crippen LogP contribution in [0.5, 0.6) is 5.75 Å². The molecule has 0 unspecified atom stereocenters. The van der Waals surface area contributed by atoms with E-state index in [0.29, 0.717) is 22.2 Å². The molecule has 0 bridgehead atoms. The van der Waals surface area contributed by atoms with E-state index in [2.05, 4.69) is 20.5 Å². The molecule has 0 atom stereocenters. The molecule has 0 aliphatic carbocycles. The summed E-state index contributed by atoms with van der Waals surface area (Å²) in [6, 6.07) is 8.60. The van der Waals surface area contributed by atoms with Gasteiger partial charge >= 0.3 is 0 Å². The average molecular weight is 363 g/mol. The number of halogens is 1. The van der Waals surface area contributed by atoms with Crippen molar-refractivity contribution in [2.45, 2.75) is 6.42 Å². The van der Waals surface area contributed by atoms with E-state index in [9.17, 15) is 4.79 Å². The third kappa shape index (κ3) is 5.92. The molecule has 0 aliphatic heterocycles. The molecule has 1 aromatic heterocycles. The van der Waals surface area contributed by atoms with Crippen molar-refractivity contribution in [3.63, 3.8) is 0 Å². The van der Waals surface area contributed by atoms with Gasteiger partial charge in [-0.1, -0.05) is 11.6 Å². The molecular weight excluding hydrogens is 340 g/mol. The van der Waals surface area contributed by atoms with Crippen LogP contribution in [0.4, 0.5) is 11.4 Å². The van der Waals surface area contributed by atoms with Gasteiger partial charge in [-0.15, -0.1) is 0 Å². The molecule has 2 N–H and O–H groups in total. The van der Waals surface area contributed by atoms with Crippen molar-refractivity contribution in [3.05, 3.63) is 47.2 Å². The van der Waals surface area contributed by atoms with Gasteiger partial charge in [0.05, 0.1) is 24.0 Å². The topological polar surface area (TPSA) is 66.5 Å². The normalized spacial score (nSPS) is 10.6. The van der Waals surface area contributed by atoms with Crippen LogP contribution in [0.25, 0.3) is 0 Å². The smallest absolute Gasteiger partial charge is 0.274 e. The Morgan fingerprint density at radius 2 is 2.00 bits per heavy atom. The third-order valence-electron chi connectivity index (χ3n) is 3.52.